The Morgan fingerprint density at radius 3 is 2.50 bits per heavy atom. The van der Waals surface area contributed by atoms with Gasteiger partial charge in [-0.25, -0.2) is 0 Å². The van der Waals surface area contributed by atoms with E-state index >= 15 is 0 Å². The first-order valence-corrected chi connectivity index (χ1v) is 6.71. The van der Waals surface area contributed by atoms with E-state index in [1.165, 1.54) is 10.4 Å². The molecule has 0 amide bonds. The van der Waals surface area contributed by atoms with E-state index in [4.69, 9.17) is 11.6 Å². The third-order valence-corrected chi connectivity index (χ3v) is 5.57. The van der Waals surface area contributed by atoms with Crippen LogP contribution in [0.3, 0.4) is 0 Å². The standard InChI is InChI=1S/C14H13ClS/c1-13(11-6-3-2-4-7-11)10-14(13,15)12-8-5-9-16-12/h2-9H,10H2,1H3/t13-,14+/m0/s1. The Bertz CT molecular complexity index is 491. The normalized spacial score (nSPS) is 32.6. The highest BCUT2D eigenvalue weighted by Gasteiger charge is 2.65. The molecule has 2 heteroatoms. The lowest BCUT2D eigenvalue weighted by atomic mass is 9.95. The topological polar surface area (TPSA) is 0 Å². The van der Waals surface area contributed by atoms with Crippen molar-refractivity contribution in [3.63, 3.8) is 0 Å². The Morgan fingerprint density at radius 2 is 1.88 bits per heavy atom. The highest BCUT2D eigenvalue weighted by Crippen LogP contribution is 2.68. The van der Waals surface area contributed by atoms with E-state index < -0.39 is 0 Å². The van der Waals surface area contributed by atoms with Crippen LogP contribution < -0.4 is 0 Å². The predicted octanol–water partition coefficient (Wildman–Crippen LogP) is 4.54. The minimum Gasteiger partial charge on any atom is -0.147 e. The number of hydrogen-bond acceptors (Lipinski definition) is 1. The maximum atomic E-state index is 6.76. The predicted molar refractivity (Wildman–Crippen MR) is 70.3 cm³/mol. The fourth-order valence-electron chi connectivity index (χ4n) is 2.44. The number of alkyl halides is 1. The van der Waals surface area contributed by atoms with Crippen molar-refractivity contribution in [3.8, 4) is 0 Å². The fraction of sp³-hybridized carbons (Fsp3) is 0.286. The van der Waals surface area contributed by atoms with E-state index in [-0.39, 0.29) is 10.3 Å². The molecule has 0 spiro atoms. The lowest BCUT2D eigenvalue weighted by Gasteiger charge is -2.16. The van der Waals surface area contributed by atoms with E-state index in [9.17, 15) is 0 Å². The second kappa shape index (κ2) is 3.35. The molecule has 2 atom stereocenters. The van der Waals surface area contributed by atoms with Gasteiger partial charge in [0, 0.05) is 10.3 Å². The third kappa shape index (κ3) is 1.28. The van der Waals surface area contributed by atoms with Crippen molar-refractivity contribution < 1.29 is 0 Å². The Kier molecular flexibility index (Phi) is 2.17. The Labute approximate surface area is 105 Å². The van der Waals surface area contributed by atoms with Crippen LogP contribution in [0.5, 0.6) is 0 Å². The van der Waals surface area contributed by atoms with Crippen LogP contribution in [0, 0.1) is 0 Å². The SMILES string of the molecule is C[C@@]1(c2ccccc2)C[C@@]1(Cl)c1cccs1. The number of thiophene rings is 1. The zero-order valence-corrected chi connectivity index (χ0v) is 10.7. The second-order valence-electron chi connectivity index (χ2n) is 4.65. The first kappa shape index (κ1) is 10.4. The van der Waals surface area contributed by atoms with Crippen LogP contribution in [0.25, 0.3) is 0 Å². The fourth-order valence-corrected chi connectivity index (χ4v) is 3.96. The van der Waals surface area contributed by atoms with Crippen molar-refractivity contribution in [2.75, 3.05) is 0 Å². The van der Waals surface area contributed by atoms with Crippen LogP contribution in [0.2, 0.25) is 0 Å². The Balaban J connectivity index is 2.00. The summed E-state index contributed by atoms with van der Waals surface area (Å²) >= 11 is 8.52. The van der Waals surface area contributed by atoms with Gasteiger partial charge < -0.3 is 0 Å². The quantitative estimate of drug-likeness (QED) is 0.685. The molecule has 0 bridgehead atoms. The number of hydrogen-bond donors (Lipinski definition) is 0. The highest BCUT2D eigenvalue weighted by molar-refractivity contribution is 7.10. The van der Waals surface area contributed by atoms with Gasteiger partial charge in [-0.05, 0) is 23.4 Å². The van der Waals surface area contributed by atoms with Crippen LogP contribution in [-0.2, 0) is 10.3 Å². The monoisotopic (exact) mass is 248 g/mol. The summed E-state index contributed by atoms with van der Waals surface area (Å²) in [6.45, 7) is 2.26. The summed E-state index contributed by atoms with van der Waals surface area (Å²) in [7, 11) is 0. The van der Waals surface area contributed by atoms with Crippen molar-refractivity contribution in [1.82, 2.24) is 0 Å². The molecule has 0 aliphatic heterocycles. The molecule has 16 heavy (non-hydrogen) atoms. The van der Waals surface area contributed by atoms with Gasteiger partial charge in [-0.15, -0.1) is 22.9 Å². The largest absolute Gasteiger partial charge is 0.147 e. The van der Waals surface area contributed by atoms with Crippen LogP contribution >= 0.6 is 22.9 Å². The van der Waals surface area contributed by atoms with Crippen molar-refractivity contribution >= 4 is 22.9 Å². The van der Waals surface area contributed by atoms with Crippen molar-refractivity contribution in [2.24, 2.45) is 0 Å². The molecule has 0 unspecified atom stereocenters. The van der Waals surface area contributed by atoms with Crippen molar-refractivity contribution in [3.05, 3.63) is 58.3 Å². The van der Waals surface area contributed by atoms with Gasteiger partial charge in [-0.1, -0.05) is 43.3 Å². The minimum atomic E-state index is -0.178. The minimum absolute atomic E-state index is 0.0979. The molecule has 1 aliphatic carbocycles. The zero-order chi connectivity index (χ0) is 11.2. The first-order valence-electron chi connectivity index (χ1n) is 5.45. The van der Waals surface area contributed by atoms with E-state index in [1.54, 1.807) is 11.3 Å². The van der Waals surface area contributed by atoms with E-state index in [0.29, 0.717) is 0 Å². The summed E-state index contributed by atoms with van der Waals surface area (Å²) in [6.07, 6.45) is 1.03. The van der Waals surface area contributed by atoms with Gasteiger partial charge in [0.1, 0.15) is 0 Å². The number of halogens is 1. The molecule has 82 valence electrons. The third-order valence-electron chi connectivity index (χ3n) is 3.67. The van der Waals surface area contributed by atoms with Crippen molar-refractivity contribution in [1.29, 1.82) is 0 Å². The van der Waals surface area contributed by atoms with Crippen molar-refractivity contribution in [2.45, 2.75) is 23.6 Å². The van der Waals surface area contributed by atoms with Gasteiger partial charge in [0.05, 0.1) is 4.87 Å². The summed E-state index contributed by atoms with van der Waals surface area (Å²) in [5.74, 6) is 0. The molecule has 0 radical (unpaired) electrons. The van der Waals surface area contributed by atoms with Crippen LogP contribution in [0.4, 0.5) is 0 Å². The van der Waals surface area contributed by atoms with Gasteiger partial charge in [0.15, 0.2) is 0 Å². The molecular formula is C14H13ClS. The lowest BCUT2D eigenvalue weighted by Crippen LogP contribution is -2.12. The smallest absolute Gasteiger partial charge is 0.0890 e. The molecule has 0 nitrogen and oxygen atoms in total. The van der Waals surface area contributed by atoms with E-state index in [1.807, 2.05) is 0 Å². The molecule has 3 rings (SSSR count). The van der Waals surface area contributed by atoms with Crippen LogP contribution in [-0.4, -0.2) is 0 Å². The molecule has 1 aliphatic rings. The van der Waals surface area contributed by atoms with Gasteiger partial charge in [0.2, 0.25) is 0 Å². The zero-order valence-electron chi connectivity index (χ0n) is 9.11. The van der Waals surface area contributed by atoms with Crippen LogP contribution in [0.1, 0.15) is 23.8 Å². The molecule has 2 aromatic rings. The van der Waals surface area contributed by atoms with E-state index in [2.05, 4.69) is 54.8 Å². The number of benzene rings is 1. The average Bonchev–Trinajstić information content (AvgIpc) is 2.75. The number of rotatable bonds is 2. The lowest BCUT2D eigenvalue weighted by molar-refractivity contribution is 0.721. The molecule has 0 saturated heterocycles. The van der Waals surface area contributed by atoms with Gasteiger partial charge >= 0.3 is 0 Å². The van der Waals surface area contributed by atoms with E-state index in [0.717, 1.165) is 6.42 Å². The molecule has 1 fully saturated rings. The second-order valence-corrected chi connectivity index (χ2v) is 6.25. The molecule has 1 saturated carbocycles. The van der Waals surface area contributed by atoms with Crippen LogP contribution in [0.15, 0.2) is 47.8 Å². The maximum absolute atomic E-state index is 6.76. The highest BCUT2D eigenvalue weighted by atomic mass is 35.5. The maximum Gasteiger partial charge on any atom is 0.0890 e. The summed E-state index contributed by atoms with van der Waals surface area (Å²) in [5.41, 5.74) is 1.44. The summed E-state index contributed by atoms with van der Waals surface area (Å²) in [4.78, 5) is 1.11. The summed E-state index contributed by atoms with van der Waals surface area (Å²) < 4.78 is 0. The van der Waals surface area contributed by atoms with Gasteiger partial charge in [0.25, 0.3) is 0 Å². The molecule has 1 heterocycles. The van der Waals surface area contributed by atoms with Gasteiger partial charge in [-0.2, -0.15) is 0 Å². The Morgan fingerprint density at radius 1 is 1.12 bits per heavy atom. The molecule has 1 aromatic heterocycles. The summed E-state index contributed by atoms with van der Waals surface area (Å²) in [6, 6.07) is 14.8. The summed E-state index contributed by atoms with van der Waals surface area (Å²) in [5, 5.41) is 2.10. The Hall–Kier alpha value is -0.790. The molecule has 1 aromatic carbocycles. The first-order chi connectivity index (χ1) is 7.67. The molecular weight excluding hydrogens is 236 g/mol. The average molecular weight is 249 g/mol. The van der Waals surface area contributed by atoms with Gasteiger partial charge in [-0.3, -0.25) is 0 Å². The molecule has 0 N–H and O–H groups in total.